The molecule has 0 radical (unpaired) electrons. The standard InChI is InChI=1S/C9H20N2O/c1-8-4-3-5-9(2)11(8)10-6-7-12/h8-10,12H,3-7H2,1-2H3. The Morgan fingerprint density at radius 1 is 1.33 bits per heavy atom. The van der Waals surface area contributed by atoms with Gasteiger partial charge in [0.05, 0.1) is 6.61 Å². The van der Waals surface area contributed by atoms with Gasteiger partial charge in [0, 0.05) is 18.6 Å². The molecule has 2 unspecified atom stereocenters. The third kappa shape index (κ3) is 2.44. The summed E-state index contributed by atoms with van der Waals surface area (Å²) in [6.45, 7) is 5.37. The summed E-state index contributed by atoms with van der Waals surface area (Å²) in [5, 5.41) is 11.0. The number of piperidine rings is 1. The van der Waals surface area contributed by atoms with Crippen molar-refractivity contribution in [3.8, 4) is 0 Å². The molecule has 72 valence electrons. The van der Waals surface area contributed by atoms with Crippen molar-refractivity contribution in [1.82, 2.24) is 10.4 Å². The van der Waals surface area contributed by atoms with Crippen molar-refractivity contribution in [2.75, 3.05) is 13.2 Å². The first kappa shape index (κ1) is 9.96. The van der Waals surface area contributed by atoms with Crippen LogP contribution in [-0.4, -0.2) is 35.4 Å². The van der Waals surface area contributed by atoms with Gasteiger partial charge in [-0.15, -0.1) is 0 Å². The van der Waals surface area contributed by atoms with Gasteiger partial charge in [0.25, 0.3) is 0 Å². The summed E-state index contributed by atoms with van der Waals surface area (Å²) in [4.78, 5) is 0. The fraction of sp³-hybridized carbons (Fsp3) is 1.00. The molecule has 0 aromatic carbocycles. The monoisotopic (exact) mass is 172 g/mol. The Morgan fingerprint density at radius 2 is 1.92 bits per heavy atom. The Bertz CT molecular complexity index is 120. The summed E-state index contributed by atoms with van der Waals surface area (Å²) >= 11 is 0. The van der Waals surface area contributed by atoms with E-state index in [2.05, 4.69) is 24.3 Å². The fourth-order valence-electron chi connectivity index (χ4n) is 1.91. The largest absolute Gasteiger partial charge is 0.395 e. The molecular weight excluding hydrogens is 152 g/mol. The predicted molar refractivity (Wildman–Crippen MR) is 49.7 cm³/mol. The van der Waals surface area contributed by atoms with Gasteiger partial charge < -0.3 is 5.11 Å². The normalized spacial score (nSPS) is 32.2. The maximum Gasteiger partial charge on any atom is 0.0570 e. The van der Waals surface area contributed by atoms with E-state index >= 15 is 0 Å². The smallest absolute Gasteiger partial charge is 0.0570 e. The average Bonchev–Trinajstić information content (AvgIpc) is 2.04. The lowest BCUT2D eigenvalue weighted by Gasteiger charge is -2.38. The van der Waals surface area contributed by atoms with Crippen LogP contribution in [0.3, 0.4) is 0 Å². The molecule has 0 bridgehead atoms. The highest BCUT2D eigenvalue weighted by atomic mass is 16.3. The van der Waals surface area contributed by atoms with Crippen LogP contribution in [0.1, 0.15) is 33.1 Å². The maximum absolute atomic E-state index is 8.68. The molecule has 3 heteroatoms. The third-order valence-corrected chi connectivity index (χ3v) is 2.60. The van der Waals surface area contributed by atoms with E-state index < -0.39 is 0 Å². The van der Waals surface area contributed by atoms with E-state index in [1.165, 1.54) is 19.3 Å². The van der Waals surface area contributed by atoms with Crippen LogP contribution >= 0.6 is 0 Å². The van der Waals surface area contributed by atoms with Crippen LogP contribution in [0.25, 0.3) is 0 Å². The highest BCUT2D eigenvalue weighted by Gasteiger charge is 2.23. The second-order valence-electron chi connectivity index (χ2n) is 3.67. The minimum absolute atomic E-state index is 0.218. The van der Waals surface area contributed by atoms with Gasteiger partial charge >= 0.3 is 0 Å². The van der Waals surface area contributed by atoms with Gasteiger partial charge in [-0.3, -0.25) is 5.43 Å². The fourth-order valence-corrected chi connectivity index (χ4v) is 1.91. The van der Waals surface area contributed by atoms with E-state index in [4.69, 9.17) is 5.11 Å². The molecule has 1 saturated heterocycles. The number of aliphatic hydroxyl groups excluding tert-OH is 1. The molecule has 0 amide bonds. The van der Waals surface area contributed by atoms with E-state index in [1.54, 1.807) is 0 Å². The Balaban J connectivity index is 2.34. The number of rotatable bonds is 3. The summed E-state index contributed by atoms with van der Waals surface area (Å²) < 4.78 is 0. The van der Waals surface area contributed by atoms with Gasteiger partial charge in [-0.25, -0.2) is 5.01 Å². The molecule has 0 saturated carbocycles. The molecule has 2 atom stereocenters. The Kier molecular flexibility index (Phi) is 3.98. The summed E-state index contributed by atoms with van der Waals surface area (Å²) in [6, 6.07) is 1.22. The Hall–Kier alpha value is -0.120. The first-order valence-electron chi connectivity index (χ1n) is 4.88. The topological polar surface area (TPSA) is 35.5 Å². The van der Waals surface area contributed by atoms with Crippen LogP contribution in [0.2, 0.25) is 0 Å². The van der Waals surface area contributed by atoms with Crippen LogP contribution in [-0.2, 0) is 0 Å². The van der Waals surface area contributed by atoms with Crippen molar-refractivity contribution in [2.24, 2.45) is 0 Å². The second kappa shape index (κ2) is 4.80. The lowest BCUT2D eigenvalue weighted by atomic mass is 10.00. The van der Waals surface area contributed by atoms with Crippen molar-refractivity contribution in [1.29, 1.82) is 0 Å². The first-order chi connectivity index (χ1) is 5.75. The van der Waals surface area contributed by atoms with Crippen molar-refractivity contribution in [3.63, 3.8) is 0 Å². The van der Waals surface area contributed by atoms with Gasteiger partial charge in [0.1, 0.15) is 0 Å². The SMILES string of the molecule is CC1CCCC(C)N1NCCO. The van der Waals surface area contributed by atoms with Crippen LogP contribution in [0.4, 0.5) is 0 Å². The first-order valence-corrected chi connectivity index (χ1v) is 4.88. The van der Waals surface area contributed by atoms with Gasteiger partial charge in [-0.2, -0.15) is 0 Å². The highest BCUT2D eigenvalue weighted by Crippen LogP contribution is 2.19. The lowest BCUT2D eigenvalue weighted by Crippen LogP contribution is -2.52. The molecule has 0 aromatic rings. The van der Waals surface area contributed by atoms with Gasteiger partial charge in [0.15, 0.2) is 0 Å². The summed E-state index contributed by atoms with van der Waals surface area (Å²) in [5.74, 6) is 0. The number of nitrogens with one attached hydrogen (secondary N) is 1. The molecule has 1 rings (SSSR count). The van der Waals surface area contributed by atoms with E-state index in [0.717, 1.165) is 0 Å². The minimum atomic E-state index is 0.218. The maximum atomic E-state index is 8.68. The highest BCUT2D eigenvalue weighted by molar-refractivity contribution is 4.76. The molecule has 0 aliphatic carbocycles. The Labute approximate surface area is 74.7 Å². The number of hydrazine groups is 1. The minimum Gasteiger partial charge on any atom is -0.395 e. The molecule has 1 aliphatic rings. The number of aliphatic hydroxyl groups is 1. The zero-order valence-electron chi connectivity index (χ0n) is 8.08. The van der Waals surface area contributed by atoms with Crippen molar-refractivity contribution in [3.05, 3.63) is 0 Å². The average molecular weight is 172 g/mol. The molecule has 3 nitrogen and oxygen atoms in total. The van der Waals surface area contributed by atoms with Crippen molar-refractivity contribution < 1.29 is 5.11 Å². The van der Waals surface area contributed by atoms with Crippen LogP contribution in [0, 0.1) is 0 Å². The van der Waals surface area contributed by atoms with E-state index in [0.29, 0.717) is 18.6 Å². The van der Waals surface area contributed by atoms with Crippen molar-refractivity contribution in [2.45, 2.75) is 45.2 Å². The van der Waals surface area contributed by atoms with Gasteiger partial charge in [-0.1, -0.05) is 6.42 Å². The number of hydrogen-bond acceptors (Lipinski definition) is 3. The molecule has 2 N–H and O–H groups in total. The second-order valence-corrected chi connectivity index (χ2v) is 3.67. The molecule has 1 heterocycles. The molecular formula is C9H20N2O. The molecule has 12 heavy (non-hydrogen) atoms. The molecule has 0 spiro atoms. The van der Waals surface area contributed by atoms with Crippen molar-refractivity contribution >= 4 is 0 Å². The van der Waals surface area contributed by atoms with E-state index in [1.807, 2.05) is 0 Å². The molecule has 0 aromatic heterocycles. The quantitative estimate of drug-likeness (QED) is 0.659. The van der Waals surface area contributed by atoms with Crippen LogP contribution < -0.4 is 5.43 Å². The summed E-state index contributed by atoms with van der Waals surface area (Å²) in [5.41, 5.74) is 3.25. The summed E-state index contributed by atoms with van der Waals surface area (Å²) in [6.07, 6.45) is 3.87. The van der Waals surface area contributed by atoms with E-state index in [-0.39, 0.29) is 6.61 Å². The van der Waals surface area contributed by atoms with Gasteiger partial charge in [-0.05, 0) is 26.7 Å². The number of nitrogens with zero attached hydrogens (tertiary/aromatic N) is 1. The zero-order valence-corrected chi connectivity index (χ0v) is 8.08. The molecule has 1 aliphatic heterocycles. The number of hydrogen-bond donors (Lipinski definition) is 2. The third-order valence-electron chi connectivity index (χ3n) is 2.60. The summed E-state index contributed by atoms with van der Waals surface area (Å²) in [7, 11) is 0. The predicted octanol–water partition coefficient (Wildman–Crippen LogP) is 0.746. The Morgan fingerprint density at radius 3 is 2.42 bits per heavy atom. The van der Waals surface area contributed by atoms with E-state index in [9.17, 15) is 0 Å². The van der Waals surface area contributed by atoms with Crippen LogP contribution in [0.15, 0.2) is 0 Å². The lowest BCUT2D eigenvalue weighted by molar-refractivity contribution is 0.0403. The van der Waals surface area contributed by atoms with Gasteiger partial charge in [0.2, 0.25) is 0 Å². The zero-order chi connectivity index (χ0) is 8.97. The van der Waals surface area contributed by atoms with Crippen LogP contribution in [0.5, 0.6) is 0 Å². The molecule has 1 fully saturated rings.